The molecule has 1 aliphatic rings. The number of nitrogens with one attached hydrogen (secondary N) is 1. The zero-order valence-electron chi connectivity index (χ0n) is 11.7. The largest absolute Gasteiger partial charge is 0.333 e. The van der Waals surface area contributed by atoms with E-state index in [9.17, 15) is 4.79 Å². The number of piperazine rings is 1. The maximum atomic E-state index is 11.8. The average molecular weight is 246 g/mol. The van der Waals surface area contributed by atoms with Gasteiger partial charge in [-0.25, -0.2) is 0 Å². The maximum Gasteiger partial charge on any atom is 0.220 e. The molecule has 18 heavy (non-hydrogen) atoms. The molecule has 0 radical (unpaired) electrons. The number of carbonyl (C=O) groups excluding carboxylic acids is 1. The predicted octanol–water partition coefficient (Wildman–Crippen LogP) is 2.10. The van der Waals surface area contributed by atoms with Crippen LogP contribution in [0.5, 0.6) is 0 Å². The van der Waals surface area contributed by atoms with E-state index in [2.05, 4.69) is 38.2 Å². The van der Waals surface area contributed by atoms with Gasteiger partial charge in [0.1, 0.15) is 0 Å². The number of aryl methyl sites for hydroxylation is 3. The minimum absolute atomic E-state index is 0.167. The number of hydrogen-bond donors (Lipinski definition) is 1. The molecule has 1 heterocycles. The first-order valence-electron chi connectivity index (χ1n) is 6.56. The smallest absolute Gasteiger partial charge is 0.220 e. The molecule has 1 aromatic rings. The summed E-state index contributed by atoms with van der Waals surface area (Å²) in [5, 5.41) is 3.39. The molecule has 1 aliphatic heterocycles. The highest BCUT2D eigenvalue weighted by molar-refractivity contribution is 5.74. The van der Waals surface area contributed by atoms with Crippen LogP contribution in [0.15, 0.2) is 12.1 Å². The van der Waals surface area contributed by atoms with Gasteiger partial charge < -0.3 is 10.2 Å². The Morgan fingerprint density at radius 1 is 1.28 bits per heavy atom. The molecular weight excluding hydrogens is 224 g/mol. The Kier molecular flexibility index (Phi) is 3.71. The third-order valence-corrected chi connectivity index (χ3v) is 3.72. The van der Waals surface area contributed by atoms with E-state index in [0.717, 1.165) is 19.6 Å². The highest BCUT2D eigenvalue weighted by atomic mass is 16.2. The molecule has 98 valence electrons. The number of carbonyl (C=O) groups is 1. The van der Waals surface area contributed by atoms with Gasteiger partial charge in [-0.3, -0.25) is 4.79 Å². The minimum atomic E-state index is 0.167. The number of hydrogen-bond acceptors (Lipinski definition) is 2. The lowest BCUT2D eigenvalue weighted by Gasteiger charge is -2.37. The molecule has 1 N–H and O–H groups in total. The van der Waals surface area contributed by atoms with Crippen LogP contribution in [0.25, 0.3) is 0 Å². The number of rotatable bonds is 1. The first kappa shape index (κ1) is 13.1. The molecule has 2 rings (SSSR count). The van der Waals surface area contributed by atoms with Gasteiger partial charge in [0, 0.05) is 26.6 Å². The van der Waals surface area contributed by atoms with E-state index >= 15 is 0 Å². The lowest BCUT2D eigenvalue weighted by Crippen LogP contribution is -2.48. The molecule has 1 saturated heterocycles. The second-order valence-electron chi connectivity index (χ2n) is 5.24. The molecule has 0 saturated carbocycles. The molecule has 0 spiro atoms. The van der Waals surface area contributed by atoms with Crippen molar-refractivity contribution in [3.63, 3.8) is 0 Å². The maximum absolute atomic E-state index is 11.8. The molecule has 0 aliphatic carbocycles. The zero-order valence-corrected chi connectivity index (χ0v) is 11.7. The Balaban J connectivity index is 2.43. The fraction of sp³-hybridized carbons (Fsp3) is 0.533. The molecule has 1 amide bonds. The monoisotopic (exact) mass is 246 g/mol. The number of benzene rings is 1. The van der Waals surface area contributed by atoms with E-state index in [4.69, 9.17) is 0 Å². The van der Waals surface area contributed by atoms with Crippen molar-refractivity contribution in [3.8, 4) is 0 Å². The molecular formula is C15H22N2O. The quantitative estimate of drug-likeness (QED) is 0.823. The summed E-state index contributed by atoms with van der Waals surface area (Å²) < 4.78 is 0. The zero-order chi connectivity index (χ0) is 13.3. The third kappa shape index (κ3) is 2.41. The van der Waals surface area contributed by atoms with Crippen LogP contribution >= 0.6 is 0 Å². The van der Waals surface area contributed by atoms with Crippen LogP contribution in [-0.4, -0.2) is 30.4 Å². The van der Waals surface area contributed by atoms with Gasteiger partial charge in [0.25, 0.3) is 0 Å². The van der Waals surface area contributed by atoms with Crippen LogP contribution in [0.3, 0.4) is 0 Å². The predicted molar refractivity (Wildman–Crippen MR) is 73.7 cm³/mol. The number of nitrogens with zero attached hydrogens (tertiary/aromatic N) is 1. The summed E-state index contributed by atoms with van der Waals surface area (Å²) in [5.74, 6) is 0.167. The molecule has 3 nitrogen and oxygen atoms in total. The van der Waals surface area contributed by atoms with Crippen LogP contribution in [-0.2, 0) is 4.79 Å². The van der Waals surface area contributed by atoms with Gasteiger partial charge in [0.2, 0.25) is 5.91 Å². The highest BCUT2D eigenvalue weighted by Gasteiger charge is 2.27. The summed E-state index contributed by atoms with van der Waals surface area (Å²) in [4.78, 5) is 13.8. The summed E-state index contributed by atoms with van der Waals surface area (Å²) >= 11 is 0. The van der Waals surface area contributed by atoms with Crippen LogP contribution in [0.2, 0.25) is 0 Å². The fourth-order valence-electron chi connectivity index (χ4n) is 3.06. The van der Waals surface area contributed by atoms with Gasteiger partial charge in [-0.05, 0) is 37.5 Å². The van der Waals surface area contributed by atoms with Crippen molar-refractivity contribution < 1.29 is 4.79 Å². The van der Waals surface area contributed by atoms with Crippen molar-refractivity contribution in [2.45, 2.75) is 33.7 Å². The molecule has 1 fully saturated rings. The van der Waals surface area contributed by atoms with Gasteiger partial charge >= 0.3 is 0 Å². The van der Waals surface area contributed by atoms with E-state index in [1.807, 2.05) is 4.90 Å². The average Bonchev–Trinajstić information content (AvgIpc) is 2.28. The fourth-order valence-corrected chi connectivity index (χ4v) is 3.06. The van der Waals surface area contributed by atoms with Crippen molar-refractivity contribution >= 4 is 5.91 Å². The first-order valence-corrected chi connectivity index (χ1v) is 6.56. The van der Waals surface area contributed by atoms with Crippen molar-refractivity contribution in [1.82, 2.24) is 10.2 Å². The Morgan fingerprint density at radius 2 is 1.89 bits per heavy atom. The van der Waals surface area contributed by atoms with Crippen molar-refractivity contribution in [2.24, 2.45) is 0 Å². The normalized spacial score (nSPS) is 20.0. The third-order valence-electron chi connectivity index (χ3n) is 3.72. The van der Waals surface area contributed by atoms with Gasteiger partial charge in [-0.15, -0.1) is 0 Å². The molecule has 0 bridgehead atoms. The van der Waals surface area contributed by atoms with Crippen LogP contribution in [0, 0.1) is 20.8 Å². The molecule has 0 aromatic heterocycles. The molecule has 1 unspecified atom stereocenters. The van der Waals surface area contributed by atoms with Gasteiger partial charge in [0.15, 0.2) is 0 Å². The Labute approximate surface area is 109 Å². The summed E-state index contributed by atoms with van der Waals surface area (Å²) in [6.45, 7) is 10.6. The van der Waals surface area contributed by atoms with Crippen LogP contribution in [0.4, 0.5) is 0 Å². The van der Waals surface area contributed by atoms with E-state index in [-0.39, 0.29) is 11.9 Å². The second kappa shape index (κ2) is 5.11. The van der Waals surface area contributed by atoms with Crippen molar-refractivity contribution in [2.75, 3.05) is 19.6 Å². The lowest BCUT2D eigenvalue weighted by atomic mass is 9.92. The second-order valence-corrected chi connectivity index (χ2v) is 5.24. The highest BCUT2D eigenvalue weighted by Crippen LogP contribution is 2.29. The van der Waals surface area contributed by atoms with Gasteiger partial charge in [0.05, 0.1) is 6.04 Å². The molecule has 3 heteroatoms. The Hall–Kier alpha value is -1.35. The van der Waals surface area contributed by atoms with Gasteiger partial charge in [-0.2, -0.15) is 0 Å². The standard InChI is InChI=1S/C15H22N2O/c1-10-7-11(2)15(12(3)8-10)14-9-16-5-6-17(14)13(4)18/h7-8,14,16H,5-6,9H2,1-4H3. The van der Waals surface area contributed by atoms with Crippen molar-refractivity contribution in [1.29, 1.82) is 0 Å². The Bertz CT molecular complexity index is 445. The Morgan fingerprint density at radius 3 is 2.44 bits per heavy atom. The van der Waals surface area contributed by atoms with E-state index in [1.54, 1.807) is 6.92 Å². The van der Waals surface area contributed by atoms with E-state index in [0.29, 0.717) is 0 Å². The number of amides is 1. The summed E-state index contributed by atoms with van der Waals surface area (Å²) in [6.07, 6.45) is 0. The SMILES string of the molecule is CC(=O)N1CCNCC1c1c(C)cc(C)cc1C. The minimum Gasteiger partial charge on any atom is -0.333 e. The summed E-state index contributed by atoms with van der Waals surface area (Å²) in [7, 11) is 0. The summed E-state index contributed by atoms with van der Waals surface area (Å²) in [5.41, 5.74) is 5.16. The molecule has 1 atom stereocenters. The van der Waals surface area contributed by atoms with Crippen LogP contribution in [0.1, 0.15) is 35.2 Å². The van der Waals surface area contributed by atoms with Gasteiger partial charge in [-0.1, -0.05) is 17.7 Å². The molecule has 1 aromatic carbocycles. The topological polar surface area (TPSA) is 32.3 Å². The van der Waals surface area contributed by atoms with E-state index < -0.39 is 0 Å². The summed E-state index contributed by atoms with van der Waals surface area (Å²) in [6, 6.07) is 4.58. The van der Waals surface area contributed by atoms with E-state index in [1.165, 1.54) is 22.3 Å². The van der Waals surface area contributed by atoms with Crippen molar-refractivity contribution in [3.05, 3.63) is 34.4 Å². The first-order chi connectivity index (χ1) is 8.50. The lowest BCUT2D eigenvalue weighted by molar-refractivity contribution is -0.132. The van der Waals surface area contributed by atoms with Crippen LogP contribution < -0.4 is 5.32 Å².